The normalized spacial score (nSPS) is 15.1. The molecule has 4 heteroatoms. The van der Waals surface area contributed by atoms with Crippen LogP contribution in [0.4, 0.5) is 0 Å². The number of rotatable bonds is 5. The molecule has 1 aromatic heterocycles. The van der Waals surface area contributed by atoms with E-state index in [1.54, 1.807) is 4.88 Å². The van der Waals surface area contributed by atoms with Crippen LogP contribution in [0.15, 0.2) is 34.1 Å². The third-order valence-electron chi connectivity index (χ3n) is 3.98. The third-order valence-corrected chi connectivity index (χ3v) is 5.74. The average Bonchev–Trinajstić information content (AvgIpc) is 2.95. The molecule has 3 rings (SSSR count). The highest BCUT2D eigenvalue weighted by molar-refractivity contribution is 9.10. The minimum absolute atomic E-state index is 0.942. The Morgan fingerprint density at radius 3 is 3.05 bits per heavy atom. The first-order chi connectivity index (χ1) is 10.3. The maximum atomic E-state index is 3.74. The van der Waals surface area contributed by atoms with Crippen LogP contribution in [0.3, 0.4) is 0 Å². The van der Waals surface area contributed by atoms with E-state index in [0.29, 0.717) is 0 Å². The van der Waals surface area contributed by atoms with E-state index in [9.17, 15) is 0 Å². The number of nitrogens with one attached hydrogen (secondary N) is 1. The van der Waals surface area contributed by atoms with Gasteiger partial charge >= 0.3 is 0 Å². The Kier molecular flexibility index (Phi) is 5.11. The lowest BCUT2D eigenvalue weighted by atomic mass is 10.1. The quantitative estimate of drug-likeness (QED) is 0.855. The number of hydrogen-bond donors (Lipinski definition) is 1. The number of hydrogen-bond acceptors (Lipinski definition) is 3. The van der Waals surface area contributed by atoms with Crippen LogP contribution in [-0.2, 0) is 26.1 Å². The van der Waals surface area contributed by atoms with E-state index in [-0.39, 0.29) is 0 Å². The molecule has 2 aromatic rings. The Balaban J connectivity index is 1.65. The van der Waals surface area contributed by atoms with Crippen LogP contribution >= 0.6 is 27.3 Å². The molecule has 1 aromatic carbocycles. The zero-order chi connectivity index (χ0) is 14.7. The highest BCUT2D eigenvalue weighted by atomic mass is 79.9. The monoisotopic (exact) mass is 364 g/mol. The standard InChI is InChI=1S/C17H21BrN2S/c1-2-19-10-13-3-4-14(16(18)9-13)11-20-7-5-17-15(12-20)6-8-21-17/h3-4,6,8-9,19H,2,5,7,10-12H2,1H3. The van der Waals surface area contributed by atoms with Crippen LogP contribution < -0.4 is 5.32 Å². The minimum atomic E-state index is 0.942. The molecule has 0 saturated heterocycles. The molecule has 112 valence electrons. The Labute approximate surface area is 139 Å². The second-order valence-corrected chi connectivity index (χ2v) is 7.39. The van der Waals surface area contributed by atoms with Gasteiger partial charge in [-0.3, -0.25) is 4.90 Å². The summed E-state index contributed by atoms with van der Waals surface area (Å²) in [6.07, 6.45) is 1.20. The highest BCUT2D eigenvalue weighted by Gasteiger charge is 2.17. The van der Waals surface area contributed by atoms with Crippen LogP contribution in [-0.4, -0.2) is 18.0 Å². The summed E-state index contributed by atoms with van der Waals surface area (Å²) in [4.78, 5) is 4.12. The van der Waals surface area contributed by atoms with E-state index in [1.165, 1.54) is 34.1 Å². The number of thiophene rings is 1. The number of nitrogens with zero attached hydrogens (tertiary/aromatic N) is 1. The van der Waals surface area contributed by atoms with Crippen LogP contribution in [0, 0.1) is 0 Å². The number of benzene rings is 1. The SMILES string of the molecule is CCNCc1ccc(CN2CCc3sccc3C2)c(Br)c1. The molecular weight excluding hydrogens is 344 g/mol. The van der Waals surface area contributed by atoms with Crippen molar-refractivity contribution in [2.45, 2.75) is 33.0 Å². The van der Waals surface area contributed by atoms with Crippen molar-refractivity contribution in [3.63, 3.8) is 0 Å². The van der Waals surface area contributed by atoms with Gasteiger partial charge in [0.15, 0.2) is 0 Å². The van der Waals surface area contributed by atoms with Gasteiger partial charge in [-0.15, -0.1) is 11.3 Å². The van der Waals surface area contributed by atoms with Crippen molar-refractivity contribution >= 4 is 27.3 Å². The molecule has 0 aliphatic carbocycles. The van der Waals surface area contributed by atoms with E-state index >= 15 is 0 Å². The van der Waals surface area contributed by atoms with Crippen molar-refractivity contribution in [2.75, 3.05) is 13.1 Å². The van der Waals surface area contributed by atoms with Crippen LogP contribution in [0.25, 0.3) is 0 Å². The number of halogens is 1. The second-order valence-electron chi connectivity index (χ2n) is 5.54. The molecule has 0 radical (unpaired) electrons. The van der Waals surface area contributed by atoms with Gasteiger partial charge in [-0.2, -0.15) is 0 Å². The van der Waals surface area contributed by atoms with Gasteiger partial charge in [0, 0.05) is 35.5 Å². The fraction of sp³-hybridized carbons (Fsp3) is 0.412. The predicted octanol–water partition coefficient (Wildman–Crippen LogP) is 4.18. The van der Waals surface area contributed by atoms with Gasteiger partial charge in [0.2, 0.25) is 0 Å². The second kappa shape index (κ2) is 7.05. The summed E-state index contributed by atoms with van der Waals surface area (Å²) in [6.45, 7) is 7.37. The summed E-state index contributed by atoms with van der Waals surface area (Å²) in [5.74, 6) is 0. The zero-order valence-electron chi connectivity index (χ0n) is 12.4. The van der Waals surface area contributed by atoms with Gasteiger partial charge in [-0.05, 0) is 47.2 Å². The molecule has 2 heterocycles. The van der Waals surface area contributed by atoms with Crippen molar-refractivity contribution in [3.8, 4) is 0 Å². The van der Waals surface area contributed by atoms with Crippen molar-refractivity contribution in [3.05, 3.63) is 55.7 Å². The largest absolute Gasteiger partial charge is 0.313 e. The molecule has 1 N–H and O–H groups in total. The molecule has 2 nitrogen and oxygen atoms in total. The van der Waals surface area contributed by atoms with E-state index in [1.807, 2.05) is 11.3 Å². The number of fused-ring (bicyclic) bond motifs is 1. The van der Waals surface area contributed by atoms with E-state index in [4.69, 9.17) is 0 Å². The lowest BCUT2D eigenvalue weighted by molar-refractivity contribution is 0.247. The van der Waals surface area contributed by atoms with Gasteiger partial charge in [-0.1, -0.05) is 35.0 Å². The van der Waals surface area contributed by atoms with E-state index < -0.39 is 0 Å². The highest BCUT2D eigenvalue weighted by Crippen LogP contribution is 2.27. The van der Waals surface area contributed by atoms with Crippen molar-refractivity contribution in [1.82, 2.24) is 10.2 Å². The summed E-state index contributed by atoms with van der Waals surface area (Å²) in [7, 11) is 0. The molecular formula is C17H21BrN2S. The molecule has 21 heavy (non-hydrogen) atoms. The summed E-state index contributed by atoms with van der Waals surface area (Å²) in [6, 6.07) is 9.03. The summed E-state index contributed by atoms with van der Waals surface area (Å²) in [5, 5.41) is 5.59. The molecule has 0 bridgehead atoms. The van der Waals surface area contributed by atoms with Gasteiger partial charge < -0.3 is 5.32 Å². The summed E-state index contributed by atoms with van der Waals surface area (Å²) in [5.41, 5.74) is 4.24. The lowest BCUT2D eigenvalue weighted by Crippen LogP contribution is -2.29. The molecule has 1 aliphatic rings. The lowest BCUT2D eigenvalue weighted by Gasteiger charge is -2.27. The van der Waals surface area contributed by atoms with E-state index in [0.717, 1.165) is 26.2 Å². The van der Waals surface area contributed by atoms with Crippen LogP contribution in [0.1, 0.15) is 28.5 Å². The van der Waals surface area contributed by atoms with Crippen molar-refractivity contribution < 1.29 is 0 Å². The minimum Gasteiger partial charge on any atom is -0.313 e. The van der Waals surface area contributed by atoms with Gasteiger partial charge in [0.1, 0.15) is 0 Å². The van der Waals surface area contributed by atoms with Crippen LogP contribution in [0.2, 0.25) is 0 Å². The maximum Gasteiger partial charge on any atom is 0.0248 e. The smallest absolute Gasteiger partial charge is 0.0248 e. The fourth-order valence-electron chi connectivity index (χ4n) is 2.78. The first kappa shape index (κ1) is 15.2. The zero-order valence-corrected chi connectivity index (χ0v) is 14.8. The Morgan fingerprint density at radius 2 is 2.24 bits per heavy atom. The first-order valence-electron chi connectivity index (χ1n) is 7.52. The molecule has 0 atom stereocenters. The first-order valence-corrected chi connectivity index (χ1v) is 9.19. The van der Waals surface area contributed by atoms with Gasteiger partial charge in [-0.25, -0.2) is 0 Å². The van der Waals surface area contributed by atoms with Gasteiger partial charge in [0.25, 0.3) is 0 Å². The third kappa shape index (κ3) is 3.75. The van der Waals surface area contributed by atoms with Crippen LogP contribution in [0.5, 0.6) is 0 Å². The molecule has 1 aliphatic heterocycles. The molecule has 0 fully saturated rings. The topological polar surface area (TPSA) is 15.3 Å². The predicted molar refractivity (Wildman–Crippen MR) is 93.7 cm³/mol. The molecule has 0 unspecified atom stereocenters. The van der Waals surface area contributed by atoms with Crippen molar-refractivity contribution in [1.29, 1.82) is 0 Å². The molecule has 0 saturated carbocycles. The summed E-state index contributed by atoms with van der Waals surface area (Å²) >= 11 is 5.64. The Bertz CT molecular complexity index is 609. The maximum absolute atomic E-state index is 3.74. The Morgan fingerprint density at radius 1 is 1.33 bits per heavy atom. The van der Waals surface area contributed by atoms with Crippen molar-refractivity contribution in [2.24, 2.45) is 0 Å². The molecule has 0 spiro atoms. The van der Waals surface area contributed by atoms with Gasteiger partial charge in [0.05, 0.1) is 0 Å². The Hall–Kier alpha value is -0.680. The molecule has 0 amide bonds. The summed E-state index contributed by atoms with van der Waals surface area (Å²) < 4.78 is 1.23. The van der Waals surface area contributed by atoms with E-state index in [2.05, 4.69) is 62.7 Å². The fourth-order valence-corrected chi connectivity index (χ4v) is 4.22. The average molecular weight is 365 g/mol.